The summed E-state index contributed by atoms with van der Waals surface area (Å²) in [6.45, 7) is 5.35. The number of nitrogens with two attached hydrogens (primary N) is 1. The zero-order chi connectivity index (χ0) is 32.4. The molecule has 45 heavy (non-hydrogen) atoms. The number of halogens is 4. The quantitative estimate of drug-likeness (QED) is 0.226. The van der Waals surface area contributed by atoms with Crippen LogP contribution in [0.25, 0.3) is 11.1 Å². The molecule has 2 aromatic carbocycles. The summed E-state index contributed by atoms with van der Waals surface area (Å²) < 4.78 is 68.1. The van der Waals surface area contributed by atoms with E-state index in [0.29, 0.717) is 55.9 Å². The van der Waals surface area contributed by atoms with Crippen LogP contribution in [-0.4, -0.2) is 59.0 Å². The summed E-state index contributed by atoms with van der Waals surface area (Å²) in [5.74, 6) is -1.53. The molecule has 9 nitrogen and oxygen atoms in total. The van der Waals surface area contributed by atoms with Crippen LogP contribution in [0.15, 0.2) is 48.5 Å². The van der Waals surface area contributed by atoms with Crippen LogP contribution in [0.3, 0.4) is 0 Å². The van der Waals surface area contributed by atoms with Gasteiger partial charge in [-0.25, -0.2) is 4.39 Å². The molecule has 0 radical (unpaired) electrons. The number of ether oxygens (including phenoxy) is 2. The average Bonchev–Trinajstić information content (AvgIpc) is 3.37. The van der Waals surface area contributed by atoms with Crippen LogP contribution in [0, 0.1) is 11.2 Å². The maximum Gasteiger partial charge on any atom is 0.429 e. The number of alkyl halides is 3. The summed E-state index contributed by atoms with van der Waals surface area (Å²) in [7, 11) is 0. The lowest BCUT2D eigenvalue weighted by molar-refractivity contribution is -0.198. The average molecular weight is 632 g/mol. The number of carboxylic acid groups (broad SMARTS) is 1. The van der Waals surface area contributed by atoms with Crippen LogP contribution in [-0.2, 0) is 4.79 Å². The zero-order valence-electron chi connectivity index (χ0n) is 25.1. The molecule has 3 atom stereocenters. The second-order valence-electron chi connectivity index (χ2n) is 11.6. The molecule has 3 heterocycles. The van der Waals surface area contributed by atoms with E-state index in [1.807, 2.05) is 18.7 Å². The molecular weight excluding hydrogens is 594 g/mol. The summed E-state index contributed by atoms with van der Waals surface area (Å²) >= 11 is 0. The van der Waals surface area contributed by atoms with Crippen LogP contribution in [0.4, 0.5) is 29.3 Å². The van der Waals surface area contributed by atoms with E-state index in [1.165, 1.54) is 42.5 Å². The summed E-state index contributed by atoms with van der Waals surface area (Å²) in [6, 6.07) is 10.7. The summed E-state index contributed by atoms with van der Waals surface area (Å²) in [5.41, 5.74) is 6.57. The summed E-state index contributed by atoms with van der Waals surface area (Å²) in [6.07, 6.45) is -3.71. The van der Waals surface area contributed by atoms with Crippen molar-refractivity contribution in [3.05, 3.63) is 59.9 Å². The van der Waals surface area contributed by atoms with Crippen molar-refractivity contribution in [2.24, 2.45) is 5.41 Å². The molecule has 2 aliphatic rings. The molecule has 2 fully saturated rings. The standard InChI is InChI=1S/C32H37F4N5O4/c1-3-15-44-24-10-9-21(16-22(24)33)19-5-7-20(8-6-19)28(32(34,35)36)45-27-17-26(39-30(37)40-27)41-13-11-31(12-14-41)18-23(29(42)43)38-25(31)4-2/h5-10,16-17,23,25,28,38H,3-4,11-15,18H2,1-2H3,(H,42,43)(H2,37,39,40)/t23?,25?,28-/m1/s1. The largest absolute Gasteiger partial charge is 0.491 e. The third-order valence-electron chi connectivity index (χ3n) is 8.72. The third kappa shape index (κ3) is 7.08. The maximum absolute atomic E-state index is 14.5. The third-order valence-corrected chi connectivity index (χ3v) is 8.72. The molecule has 3 aromatic rings. The normalized spacial score (nSPS) is 20.3. The van der Waals surface area contributed by atoms with Crippen LogP contribution in [0.5, 0.6) is 11.6 Å². The van der Waals surface area contributed by atoms with Gasteiger partial charge in [0.15, 0.2) is 11.6 Å². The Kier molecular flexibility index (Phi) is 9.38. The number of nitrogen functional groups attached to an aromatic ring is 1. The molecule has 5 rings (SSSR count). The molecule has 0 bridgehead atoms. The van der Waals surface area contributed by atoms with Crippen molar-refractivity contribution < 1.29 is 36.9 Å². The lowest BCUT2D eigenvalue weighted by Gasteiger charge is -2.43. The van der Waals surface area contributed by atoms with E-state index in [2.05, 4.69) is 15.3 Å². The number of rotatable bonds is 10. The number of carbonyl (C=O) groups is 1. The highest BCUT2D eigenvalue weighted by Gasteiger charge is 2.50. The van der Waals surface area contributed by atoms with Gasteiger partial charge in [-0.3, -0.25) is 4.79 Å². The number of aliphatic carboxylic acids is 1. The van der Waals surface area contributed by atoms with E-state index >= 15 is 0 Å². The molecule has 242 valence electrons. The fourth-order valence-electron chi connectivity index (χ4n) is 6.43. The van der Waals surface area contributed by atoms with E-state index in [0.717, 1.165) is 12.8 Å². The summed E-state index contributed by atoms with van der Waals surface area (Å²) in [4.78, 5) is 21.7. The smallest absolute Gasteiger partial charge is 0.429 e. The van der Waals surface area contributed by atoms with Crippen molar-refractivity contribution in [1.82, 2.24) is 15.3 Å². The fourth-order valence-corrected chi connectivity index (χ4v) is 6.43. The summed E-state index contributed by atoms with van der Waals surface area (Å²) in [5, 5.41) is 12.8. The minimum Gasteiger partial charge on any atom is -0.491 e. The van der Waals surface area contributed by atoms with Gasteiger partial charge in [0.1, 0.15) is 11.9 Å². The number of aromatic nitrogens is 2. The topological polar surface area (TPSA) is 123 Å². The van der Waals surface area contributed by atoms with E-state index < -0.39 is 30.1 Å². The van der Waals surface area contributed by atoms with Gasteiger partial charge in [0.05, 0.1) is 6.61 Å². The van der Waals surface area contributed by atoms with Crippen molar-refractivity contribution >= 4 is 17.7 Å². The highest BCUT2D eigenvalue weighted by Crippen LogP contribution is 2.46. The van der Waals surface area contributed by atoms with Gasteiger partial charge in [0.25, 0.3) is 0 Å². The van der Waals surface area contributed by atoms with E-state index in [9.17, 15) is 27.5 Å². The van der Waals surface area contributed by atoms with Gasteiger partial charge in [-0.1, -0.05) is 44.2 Å². The monoisotopic (exact) mass is 631 g/mol. The molecule has 1 spiro atoms. The Morgan fingerprint density at radius 2 is 1.80 bits per heavy atom. The highest BCUT2D eigenvalue weighted by atomic mass is 19.4. The Hall–Kier alpha value is -4.13. The number of hydrogen-bond donors (Lipinski definition) is 3. The maximum atomic E-state index is 14.5. The fraction of sp³-hybridized carbons (Fsp3) is 0.469. The molecule has 4 N–H and O–H groups in total. The van der Waals surface area contributed by atoms with Crippen molar-refractivity contribution in [2.75, 3.05) is 30.3 Å². The van der Waals surface area contributed by atoms with Gasteiger partial charge < -0.3 is 30.5 Å². The van der Waals surface area contributed by atoms with Crippen LogP contribution < -0.4 is 25.4 Å². The molecule has 2 saturated heterocycles. The lowest BCUT2D eigenvalue weighted by Crippen LogP contribution is -2.46. The molecule has 0 saturated carbocycles. The minimum atomic E-state index is -4.78. The minimum absolute atomic E-state index is 0.0623. The van der Waals surface area contributed by atoms with Crippen LogP contribution in [0.1, 0.15) is 57.6 Å². The number of piperidine rings is 1. The van der Waals surface area contributed by atoms with Gasteiger partial charge in [-0.05, 0) is 60.8 Å². The number of carboxylic acids is 1. The zero-order valence-corrected chi connectivity index (χ0v) is 25.1. The SMILES string of the molecule is CCCOc1ccc(-c2ccc([C@@H](Oc3cc(N4CCC5(CC4)CC(C(=O)O)NC5CC)nc(N)n3)C(F)(F)F)cc2)cc1F. The number of anilines is 2. The van der Waals surface area contributed by atoms with E-state index in [-0.39, 0.29) is 34.6 Å². The Labute approximate surface area is 258 Å². The van der Waals surface area contributed by atoms with Crippen molar-refractivity contribution in [3.8, 4) is 22.8 Å². The molecular formula is C32H37F4N5O4. The number of hydrogen-bond acceptors (Lipinski definition) is 8. The Morgan fingerprint density at radius 1 is 1.11 bits per heavy atom. The van der Waals surface area contributed by atoms with Crippen LogP contribution >= 0.6 is 0 Å². The van der Waals surface area contributed by atoms with Gasteiger partial charge in [0.2, 0.25) is 17.9 Å². The molecule has 2 aliphatic heterocycles. The molecule has 0 amide bonds. The first-order chi connectivity index (χ1) is 21.4. The van der Waals surface area contributed by atoms with Gasteiger partial charge in [0, 0.05) is 30.8 Å². The second kappa shape index (κ2) is 13.1. The predicted molar refractivity (Wildman–Crippen MR) is 161 cm³/mol. The first kappa shape index (κ1) is 32.3. The number of benzene rings is 2. The Balaban J connectivity index is 1.31. The number of nitrogens with zero attached hydrogens (tertiary/aromatic N) is 3. The molecule has 13 heteroatoms. The van der Waals surface area contributed by atoms with Crippen LogP contribution in [0.2, 0.25) is 0 Å². The predicted octanol–water partition coefficient (Wildman–Crippen LogP) is 6.15. The first-order valence-corrected chi connectivity index (χ1v) is 15.1. The van der Waals surface area contributed by atoms with Crippen molar-refractivity contribution in [1.29, 1.82) is 0 Å². The molecule has 1 aromatic heterocycles. The molecule has 0 aliphatic carbocycles. The van der Waals surface area contributed by atoms with E-state index in [1.54, 1.807) is 6.07 Å². The van der Waals surface area contributed by atoms with Gasteiger partial charge in [-0.2, -0.15) is 23.1 Å². The van der Waals surface area contributed by atoms with E-state index in [4.69, 9.17) is 15.2 Å². The van der Waals surface area contributed by atoms with Gasteiger partial charge >= 0.3 is 12.1 Å². The van der Waals surface area contributed by atoms with Crippen molar-refractivity contribution in [3.63, 3.8) is 0 Å². The number of nitrogens with one attached hydrogen (secondary N) is 1. The lowest BCUT2D eigenvalue weighted by atomic mass is 9.71. The first-order valence-electron chi connectivity index (χ1n) is 15.1. The van der Waals surface area contributed by atoms with Gasteiger partial charge in [-0.15, -0.1) is 0 Å². The second-order valence-corrected chi connectivity index (χ2v) is 11.6. The molecule has 2 unspecified atom stereocenters. The Bertz CT molecular complexity index is 1500. The highest BCUT2D eigenvalue weighted by molar-refractivity contribution is 5.74. The van der Waals surface area contributed by atoms with Crippen molar-refractivity contribution in [2.45, 2.75) is 70.3 Å². The Morgan fingerprint density at radius 3 is 2.40 bits per heavy atom.